The molecule has 0 aliphatic heterocycles. The molecule has 7 heteroatoms. The third-order valence-corrected chi connectivity index (χ3v) is 3.08. The summed E-state index contributed by atoms with van der Waals surface area (Å²) in [5.74, 6) is 0.594. The van der Waals surface area contributed by atoms with Crippen LogP contribution in [0.5, 0.6) is 0 Å². The average molecular weight is 287 g/mol. The summed E-state index contributed by atoms with van der Waals surface area (Å²) in [6.45, 7) is 3.97. The Morgan fingerprint density at radius 1 is 1.24 bits per heavy atom. The summed E-state index contributed by atoms with van der Waals surface area (Å²) in [6, 6.07) is 5.96. The highest BCUT2D eigenvalue weighted by molar-refractivity contribution is 5.69. The lowest BCUT2D eigenvalue weighted by Crippen LogP contribution is -2.15. The second-order valence-corrected chi connectivity index (χ2v) is 4.81. The number of nitrogens with one attached hydrogen (secondary N) is 1. The molecule has 0 aliphatic carbocycles. The fourth-order valence-electron chi connectivity index (χ4n) is 2.13. The van der Waals surface area contributed by atoms with Crippen molar-refractivity contribution in [3.63, 3.8) is 0 Å². The Kier molecular flexibility index (Phi) is 4.02. The molecule has 2 aromatic rings. The van der Waals surface area contributed by atoms with Gasteiger partial charge in [-0.15, -0.1) is 0 Å². The fourth-order valence-corrected chi connectivity index (χ4v) is 2.13. The van der Waals surface area contributed by atoms with Gasteiger partial charge in [0.2, 0.25) is 11.8 Å². The maximum absolute atomic E-state index is 11.2. The molecule has 1 heterocycles. The second kappa shape index (κ2) is 5.74. The van der Waals surface area contributed by atoms with E-state index in [0.29, 0.717) is 5.95 Å². The maximum Gasteiger partial charge on any atom is 0.330 e. The first-order valence-electron chi connectivity index (χ1n) is 6.43. The smallest absolute Gasteiger partial charge is 0.330 e. The van der Waals surface area contributed by atoms with Crippen molar-refractivity contribution in [2.24, 2.45) is 0 Å². The summed E-state index contributed by atoms with van der Waals surface area (Å²) in [5.41, 5.74) is 2.89. The van der Waals surface area contributed by atoms with Crippen molar-refractivity contribution >= 4 is 23.1 Å². The molecule has 1 aromatic carbocycles. The van der Waals surface area contributed by atoms with Crippen LogP contribution < -0.4 is 10.2 Å². The molecule has 0 saturated heterocycles. The largest absolute Gasteiger partial charge is 0.357 e. The summed E-state index contributed by atoms with van der Waals surface area (Å²) < 4.78 is 0. The highest BCUT2D eigenvalue weighted by atomic mass is 16.6. The Morgan fingerprint density at radius 2 is 1.86 bits per heavy atom. The minimum Gasteiger partial charge on any atom is -0.357 e. The molecule has 7 nitrogen and oxygen atoms in total. The lowest BCUT2D eigenvalue weighted by Gasteiger charge is -2.19. The van der Waals surface area contributed by atoms with Crippen LogP contribution in [0, 0.1) is 24.0 Å². The van der Waals surface area contributed by atoms with Crippen LogP contribution in [0.1, 0.15) is 11.1 Å². The van der Waals surface area contributed by atoms with E-state index < -0.39 is 4.92 Å². The first-order valence-corrected chi connectivity index (χ1v) is 6.43. The van der Waals surface area contributed by atoms with Gasteiger partial charge in [0.1, 0.15) is 6.20 Å². The van der Waals surface area contributed by atoms with E-state index in [0.717, 1.165) is 16.8 Å². The molecule has 0 unspecified atom stereocenters. The van der Waals surface area contributed by atoms with E-state index >= 15 is 0 Å². The molecular formula is C14H17N5O2. The SMILES string of the molecule is CNc1ncc([N+](=O)[O-])c(N(C)c2cc(C)cc(C)c2)n1. The lowest BCUT2D eigenvalue weighted by molar-refractivity contribution is -0.384. The van der Waals surface area contributed by atoms with Crippen LogP contribution >= 0.6 is 0 Å². The molecule has 0 amide bonds. The Bertz CT molecular complexity index is 667. The van der Waals surface area contributed by atoms with E-state index in [2.05, 4.69) is 15.3 Å². The summed E-state index contributed by atoms with van der Waals surface area (Å²) in [4.78, 5) is 20.5. The number of nitro groups is 1. The van der Waals surface area contributed by atoms with Crippen molar-refractivity contribution in [1.29, 1.82) is 0 Å². The molecular weight excluding hydrogens is 270 g/mol. The van der Waals surface area contributed by atoms with Crippen LogP contribution in [-0.2, 0) is 0 Å². The minimum atomic E-state index is -0.478. The number of anilines is 3. The van der Waals surface area contributed by atoms with Crippen LogP contribution in [0.3, 0.4) is 0 Å². The fraction of sp³-hybridized carbons (Fsp3) is 0.286. The van der Waals surface area contributed by atoms with Gasteiger partial charge in [0.15, 0.2) is 0 Å². The van der Waals surface area contributed by atoms with E-state index in [1.54, 1.807) is 19.0 Å². The zero-order chi connectivity index (χ0) is 15.6. The van der Waals surface area contributed by atoms with Gasteiger partial charge >= 0.3 is 5.69 Å². The monoisotopic (exact) mass is 287 g/mol. The summed E-state index contributed by atoms with van der Waals surface area (Å²) >= 11 is 0. The Hall–Kier alpha value is -2.70. The predicted molar refractivity (Wildman–Crippen MR) is 82.2 cm³/mol. The number of hydrogen-bond donors (Lipinski definition) is 1. The predicted octanol–water partition coefficient (Wildman–Crippen LogP) is 2.81. The number of aryl methyl sites for hydroxylation is 2. The molecule has 1 aromatic heterocycles. The highest BCUT2D eigenvalue weighted by Crippen LogP contribution is 2.31. The molecule has 1 N–H and O–H groups in total. The van der Waals surface area contributed by atoms with Gasteiger partial charge in [0.05, 0.1) is 4.92 Å². The summed E-state index contributed by atoms with van der Waals surface area (Å²) in [7, 11) is 3.42. The third-order valence-electron chi connectivity index (χ3n) is 3.08. The topological polar surface area (TPSA) is 84.2 Å². The van der Waals surface area contributed by atoms with Crippen LogP contribution in [0.2, 0.25) is 0 Å². The third kappa shape index (κ3) is 3.07. The molecule has 110 valence electrons. The quantitative estimate of drug-likeness (QED) is 0.687. The lowest BCUT2D eigenvalue weighted by atomic mass is 10.1. The molecule has 0 radical (unpaired) electrons. The second-order valence-electron chi connectivity index (χ2n) is 4.81. The van der Waals surface area contributed by atoms with E-state index in [1.165, 1.54) is 6.20 Å². The molecule has 0 saturated carbocycles. The van der Waals surface area contributed by atoms with Gasteiger partial charge < -0.3 is 10.2 Å². The van der Waals surface area contributed by atoms with Gasteiger partial charge in [-0.25, -0.2) is 4.98 Å². The molecule has 2 rings (SSSR count). The molecule has 21 heavy (non-hydrogen) atoms. The van der Waals surface area contributed by atoms with Gasteiger partial charge in [0, 0.05) is 19.8 Å². The van der Waals surface area contributed by atoms with Gasteiger partial charge in [0.25, 0.3) is 0 Å². The maximum atomic E-state index is 11.2. The van der Waals surface area contributed by atoms with Crippen LogP contribution in [0.15, 0.2) is 24.4 Å². The van der Waals surface area contributed by atoms with Crippen molar-refractivity contribution in [1.82, 2.24) is 9.97 Å². The summed E-state index contributed by atoms with van der Waals surface area (Å²) in [6.07, 6.45) is 1.22. The first-order chi connectivity index (χ1) is 9.92. The number of benzene rings is 1. The normalized spacial score (nSPS) is 10.3. The number of hydrogen-bond acceptors (Lipinski definition) is 6. The van der Waals surface area contributed by atoms with Crippen molar-refractivity contribution in [2.75, 3.05) is 24.3 Å². The summed E-state index contributed by atoms with van der Waals surface area (Å²) in [5, 5.41) is 14.0. The highest BCUT2D eigenvalue weighted by Gasteiger charge is 2.21. The molecule has 0 fully saturated rings. The van der Waals surface area contributed by atoms with Crippen molar-refractivity contribution in [3.05, 3.63) is 45.6 Å². The van der Waals surface area contributed by atoms with E-state index in [1.807, 2.05) is 32.0 Å². The zero-order valence-corrected chi connectivity index (χ0v) is 12.4. The van der Waals surface area contributed by atoms with Gasteiger partial charge in [-0.05, 0) is 37.1 Å². The van der Waals surface area contributed by atoms with Crippen molar-refractivity contribution < 1.29 is 4.92 Å². The molecule has 0 bridgehead atoms. The Balaban J connectivity index is 2.55. The van der Waals surface area contributed by atoms with Crippen LogP contribution in [-0.4, -0.2) is 29.0 Å². The van der Waals surface area contributed by atoms with Gasteiger partial charge in [-0.2, -0.15) is 4.98 Å². The van der Waals surface area contributed by atoms with E-state index in [-0.39, 0.29) is 11.5 Å². The standard InChI is InChI=1S/C14H17N5O2/c1-9-5-10(2)7-11(6-9)18(4)13-12(19(20)21)8-16-14(15-3)17-13/h5-8H,1-4H3,(H,15,16,17). The Morgan fingerprint density at radius 3 is 2.38 bits per heavy atom. The van der Waals surface area contributed by atoms with Crippen LogP contribution in [0.25, 0.3) is 0 Å². The zero-order valence-electron chi connectivity index (χ0n) is 12.4. The number of rotatable bonds is 4. The van der Waals surface area contributed by atoms with Crippen molar-refractivity contribution in [3.8, 4) is 0 Å². The van der Waals surface area contributed by atoms with E-state index in [4.69, 9.17) is 0 Å². The van der Waals surface area contributed by atoms with E-state index in [9.17, 15) is 10.1 Å². The molecule has 0 aliphatic rings. The number of aromatic nitrogens is 2. The number of nitrogens with zero attached hydrogens (tertiary/aromatic N) is 4. The Labute approximate surface area is 122 Å². The molecule has 0 atom stereocenters. The van der Waals surface area contributed by atoms with Crippen molar-refractivity contribution in [2.45, 2.75) is 13.8 Å². The first kappa shape index (κ1) is 14.7. The minimum absolute atomic E-state index is 0.129. The average Bonchev–Trinajstić information content (AvgIpc) is 2.44. The van der Waals surface area contributed by atoms with Gasteiger partial charge in [-0.3, -0.25) is 10.1 Å². The van der Waals surface area contributed by atoms with Crippen LogP contribution in [0.4, 0.5) is 23.1 Å². The van der Waals surface area contributed by atoms with Gasteiger partial charge in [-0.1, -0.05) is 6.07 Å². The molecule has 0 spiro atoms.